The van der Waals surface area contributed by atoms with E-state index in [4.69, 9.17) is 6.42 Å². The quantitative estimate of drug-likeness (QED) is 0.828. The summed E-state index contributed by atoms with van der Waals surface area (Å²) in [7, 11) is 0. The maximum atomic E-state index is 5.17. The van der Waals surface area contributed by atoms with Gasteiger partial charge in [0.05, 0.1) is 9.98 Å². The molecule has 0 radical (unpaired) electrons. The van der Waals surface area contributed by atoms with Crippen molar-refractivity contribution in [2.45, 2.75) is 19.4 Å². The van der Waals surface area contributed by atoms with E-state index >= 15 is 0 Å². The Morgan fingerprint density at radius 1 is 1.92 bits per heavy atom. The number of rotatable bonds is 3. The lowest BCUT2D eigenvalue weighted by molar-refractivity contribution is 0.827. The fraction of sp³-hybridized carbons (Fsp3) is 0.375. The number of halogens is 1. The number of nitrogens with zero attached hydrogens (tertiary/aromatic N) is 1. The minimum Gasteiger partial charge on any atom is -0.358 e. The van der Waals surface area contributed by atoms with Gasteiger partial charge < -0.3 is 5.32 Å². The molecule has 0 fully saturated rings. The summed E-state index contributed by atoms with van der Waals surface area (Å²) in [6, 6.07) is 0.285. The monoisotopic (exact) mass is 244 g/mol. The fourth-order valence-corrected chi connectivity index (χ4v) is 1.98. The summed E-state index contributed by atoms with van der Waals surface area (Å²) in [5.41, 5.74) is 0. The molecule has 1 N–H and O–H groups in total. The Bertz CT molecular complexity index is 289. The van der Waals surface area contributed by atoms with Crippen molar-refractivity contribution >= 4 is 32.4 Å². The largest absolute Gasteiger partial charge is 0.358 e. The highest BCUT2D eigenvalue weighted by molar-refractivity contribution is 9.11. The van der Waals surface area contributed by atoms with Crippen LogP contribution >= 0.6 is 27.3 Å². The maximum absolute atomic E-state index is 5.17. The van der Waals surface area contributed by atoms with E-state index < -0.39 is 0 Å². The Labute approximate surface area is 84.5 Å². The zero-order valence-electron chi connectivity index (χ0n) is 6.67. The lowest BCUT2D eigenvalue weighted by Gasteiger charge is -2.07. The van der Waals surface area contributed by atoms with Crippen LogP contribution in [-0.4, -0.2) is 11.0 Å². The van der Waals surface area contributed by atoms with Gasteiger partial charge in [0.2, 0.25) is 0 Å². The molecule has 0 amide bonds. The molecule has 1 rings (SSSR count). The van der Waals surface area contributed by atoms with Crippen molar-refractivity contribution < 1.29 is 0 Å². The molecule has 64 valence electrons. The van der Waals surface area contributed by atoms with Crippen molar-refractivity contribution in [1.29, 1.82) is 0 Å². The van der Waals surface area contributed by atoms with E-state index in [2.05, 4.69) is 32.2 Å². The van der Waals surface area contributed by atoms with Gasteiger partial charge in [0, 0.05) is 12.5 Å². The Kier molecular flexibility index (Phi) is 3.57. The molecule has 2 nitrogen and oxygen atoms in total. The molecule has 0 aliphatic heterocycles. The highest BCUT2D eigenvalue weighted by Gasteiger charge is 2.02. The van der Waals surface area contributed by atoms with Gasteiger partial charge in [-0.15, -0.1) is 12.3 Å². The van der Waals surface area contributed by atoms with Crippen LogP contribution in [0, 0.1) is 12.3 Å². The average molecular weight is 245 g/mol. The van der Waals surface area contributed by atoms with Crippen LogP contribution in [0.15, 0.2) is 9.98 Å². The summed E-state index contributed by atoms with van der Waals surface area (Å²) in [4.78, 5) is 4.13. The average Bonchev–Trinajstić information content (AvgIpc) is 2.36. The Hall–Kier alpha value is -0.530. The van der Waals surface area contributed by atoms with Gasteiger partial charge >= 0.3 is 0 Å². The van der Waals surface area contributed by atoms with Crippen molar-refractivity contribution in [1.82, 2.24) is 4.98 Å². The molecule has 0 aliphatic carbocycles. The van der Waals surface area contributed by atoms with E-state index in [-0.39, 0.29) is 6.04 Å². The molecule has 1 atom stereocenters. The topological polar surface area (TPSA) is 24.9 Å². The highest BCUT2D eigenvalue weighted by Crippen LogP contribution is 2.23. The third kappa shape index (κ3) is 2.84. The van der Waals surface area contributed by atoms with Gasteiger partial charge in [-0.2, -0.15) is 0 Å². The lowest BCUT2D eigenvalue weighted by atomic mass is 10.2. The van der Waals surface area contributed by atoms with Gasteiger partial charge in [0.25, 0.3) is 0 Å². The van der Waals surface area contributed by atoms with Gasteiger partial charge in [-0.3, -0.25) is 0 Å². The molecule has 1 aromatic rings. The summed E-state index contributed by atoms with van der Waals surface area (Å²) in [6.07, 6.45) is 7.66. The third-order valence-corrected chi connectivity index (χ3v) is 2.68. The number of thiazole rings is 1. The number of nitrogens with one attached hydrogen (secondary N) is 1. The molecule has 0 bridgehead atoms. The van der Waals surface area contributed by atoms with Gasteiger partial charge in [0.15, 0.2) is 5.13 Å². The molecule has 1 aromatic heterocycles. The van der Waals surface area contributed by atoms with E-state index in [0.29, 0.717) is 0 Å². The molecule has 1 heterocycles. The second kappa shape index (κ2) is 4.48. The van der Waals surface area contributed by atoms with Crippen molar-refractivity contribution in [3.8, 4) is 12.3 Å². The number of anilines is 1. The molecule has 4 heteroatoms. The zero-order valence-corrected chi connectivity index (χ0v) is 9.08. The van der Waals surface area contributed by atoms with Crippen molar-refractivity contribution in [2.75, 3.05) is 5.32 Å². The predicted octanol–water partition coefficient (Wildman–Crippen LogP) is 2.73. The van der Waals surface area contributed by atoms with Gasteiger partial charge in [-0.1, -0.05) is 11.3 Å². The number of terminal acetylenes is 1. The van der Waals surface area contributed by atoms with Crippen LogP contribution in [-0.2, 0) is 0 Å². The molecule has 0 saturated heterocycles. The van der Waals surface area contributed by atoms with Crippen LogP contribution in [0.2, 0.25) is 0 Å². The second-order valence-electron chi connectivity index (χ2n) is 2.42. The minimum atomic E-state index is 0.285. The van der Waals surface area contributed by atoms with Crippen molar-refractivity contribution in [3.05, 3.63) is 9.98 Å². The smallest absolute Gasteiger partial charge is 0.183 e. The fourth-order valence-electron chi connectivity index (χ4n) is 0.760. The van der Waals surface area contributed by atoms with Gasteiger partial charge in [-0.25, -0.2) is 4.98 Å². The van der Waals surface area contributed by atoms with Crippen LogP contribution in [0.5, 0.6) is 0 Å². The van der Waals surface area contributed by atoms with Crippen LogP contribution in [0.4, 0.5) is 5.13 Å². The summed E-state index contributed by atoms with van der Waals surface area (Å²) < 4.78 is 1.03. The third-order valence-electron chi connectivity index (χ3n) is 1.27. The lowest BCUT2D eigenvalue weighted by Crippen LogP contribution is -2.13. The summed E-state index contributed by atoms with van der Waals surface area (Å²) in [5, 5.41) is 4.11. The first-order chi connectivity index (χ1) is 5.72. The minimum absolute atomic E-state index is 0.285. The van der Waals surface area contributed by atoms with E-state index in [1.165, 1.54) is 0 Å². The molecule has 0 aliphatic rings. The van der Waals surface area contributed by atoms with Crippen LogP contribution in [0.25, 0.3) is 0 Å². The van der Waals surface area contributed by atoms with Crippen molar-refractivity contribution in [3.63, 3.8) is 0 Å². The van der Waals surface area contributed by atoms with E-state index in [1.54, 1.807) is 17.5 Å². The first-order valence-electron chi connectivity index (χ1n) is 3.53. The Morgan fingerprint density at radius 2 is 2.67 bits per heavy atom. The molecule has 1 unspecified atom stereocenters. The van der Waals surface area contributed by atoms with Crippen LogP contribution < -0.4 is 5.32 Å². The Balaban J connectivity index is 2.47. The standard InChI is InChI=1S/C8H9BrN2S/c1-3-4-6(2)11-8-10-5-7(9)12-8/h1,5-6H,4H2,2H3,(H,10,11). The second-order valence-corrected chi connectivity index (χ2v) is 4.83. The van der Waals surface area contributed by atoms with Gasteiger partial charge in [0.1, 0.15) is 0 Å². The van der Waals surface area contributed by atoms with Gasteiger partial charge in [-0.05, 0) is 22.9 Å². The first-order valence-corrected chi connectivity index (χ1v) is 5.14. The summed E-state index contributed by atoms with van der Waals surface area (Å²) >= 11 is 4.90. The van der Waals surface area contributed by atoms with E-state index in [9.17, 15) is 0 Å². The van der Waals surface area contributed by atoms with Crippen LogP contribution in [0.3, 0.4) is 0 Å². The summed E-state index contributed by atoms with van der Waals surface area (Å²) in [6.45, 7) is 2.04. The first kappa shape index (κ1) is 9.56. The molecule has 0 spiro atoms. The van der Waals surface area contributed by atoms with E-state index in [1.807, 2.05) is 6.92 Å². The number of hydrogen-bond donors (Lipinski definition) is 1. The number of hydrogen-bond acceptors (Lipinski definition) is 3. The highest BCUT2D eigenvalue weighted by atomic mass is 79.9. The van der Waals surface area contributed by atoms with E-state index in [0.717, 1.165) is 15.3 Å². The normalized spacial score (nSPS) is 12.1. The maximum Gasteiger partial charge on any atom is 0.183 e. The molecular weight excluding hydrogens is 236 g/mol. The molecule has 0 aromatic carbocycles. The predicted molar refractivity (Wildman–Crippen MR) is 56.3 cm³/mol. The molecule has 12 heavy (non-hydrogen) atoms. The summed E-state index contributed by atoms with van der Waals surface area (Å²) in [5.74, 6) is 2.60. The zero-order chi connectivity index (χ0) is 8.97. The van der Waals surface area contributed by atoms with Crippen molar-refractivity contribution in [2.24, 2.45) is 0 Å². The SMILES string of the molecule is C#CCC(C)Nc1ncc(Br)s1. The molecular formula is C8H9BrN2S. The van der Waals surface area contributed by atoms with Crippen LogP contribution in [0.1, 0.15) is 13.3 Å². The number of aromatic nitrogens is 1. The molecule has 0 saturated carbocycles. The Morgan fingerprint density at radius 3 is 3.17 bits per heavy atom.